The van der Waals surface area contributed by atoms with Gasteiger partial charge in [-0.05, 0) is 34.1 Å². The minimum Gasteiger partial charge on any atom is -0.409 e. The van der Waals surface area contributed by atoms with Crippen molar-refractivity contribution in [2.45, 2.75) is 0 Å². The summed E-state index contributed by atoms with van der Waals surface area (Å²) in [7, 11) is 0. The molecule has 7 heteroatoms. The molecule has 0 aliphatic rings. The highest BCUT2D eigenvalue weighted by Gasteiger charge is 2.10. The van der Waals surface area contributed by atoms with Crippen molar-refractivity contribution in [1.29, 1.82) is 0 Å². The van der Waals surface area contributed by atoms with Gasteiger partial charge in [0.1, 0.15) is 0 Å². The first-order valence-corrected chi connectivity index (χ1v) is 5.83. The lowest BCUT2D eigenvalue weighted by molar-refractivity contribution is 0.0958. The van der Waals surface area contributed by atoms with Gasteiger partial charge in [-0.3, -0.25) is 4.79 Å². The molecule has 1 rings (SSSR count). The molecule has 0 radical (unpaired) electrons. The zero-order valence-electron chi connectivity index (χ0n) is 8.08. The quantitative estimate of drug-likeness (QED) is 0.335. The summed E-state index contributed by atoms with van der Waals surface area (Å²) < 4.78 is 1.53. The van der Waals surface area contributed by atoms with Gasteiger partial charge in [-0.15, -0.1) is 0 Å². The lowest BCUT2D eigenvalue weighted by atomic mass is 10.2. The third kappa shape index (κ3) is 3.49. The highest BCUT2D eigenvalue weighted by atomic mass is 79.9. The number of carbonyl (C=O) groups is 1. The molecule has 0 aromatic heterocycles. The Morgan fingerprint density at radius 1 is 1.50 bits per heavy atom. The molecule has 0 fully saturated rings. The normalized spacial score (nSPS) is 11.2. The summed E-state index contributed by atoms with van der Waals surface area (Å²) in [5.74, 6) is -0.354. The number of nitrogens with one attached hydrogen (secondary N) is 1. The van der Waals surface area contributed by atoms with E-state index in [0.29, 0.717) is 10.0 Å². The van der Waals surface area contributed by atoms with Crippen LogP contribution in [0.4, 0.5) is 0 Å². The zero-order valence-corrected chi connectivity index (χ0v) is 11.2. The van der Waals surface area contributed by atoms with E-state index in [9.17, 15) is 4.79 Å². The van der Waals surface area contributed by atoms with E-state index >= 15 is 0 Å². The molecular formula is C9H9Br2N3O2. The van der Waals surface area contributed by atoms with Crippen molar-refractivity contribution in [3.8, 4) is 0 Å². The van der Waals surface area contributed by atoms with Crippen molar-refractivity contribution >= 4 is 43.6 Å². The molecule has 0 unspecified atom stereocenters. The van der Waals surface area contributed by atoms with E-state index in [1.807, 2.05) is 0 Å². The van der Waals surface area contributed by atoms with Crippen molar-refractivity contribution in [1.82, 2.24) is 5.32 Å². The Morgan fingerprint density at radius 3 is 2.75 bits per heavy atom. The highest BCUT2D eigenvalue weighted by molar-refractivity contribution is 9.11. The highest BCUT2D eigenvalue weighted by Crippen LogP contribution is 2.21. The fourth-order valence-electron chi connectivity index (χ4n) is 0.975. The van der Waals surface area contributed by atoms with Gasteiger partial charge in [-0.25, -0.2) is 0 Å². The summed E-state index contributed by atoms with van der Waals surface area (Å²) >= 11 is 6.56. The van der Waals surface area contributed by atoms with Gasteiger partial charge in [0.15, 0.2) is 5.84 Å². The average Bonchev–Trinajstić information content (AvgIpc) is 2.25. The molecule has 0 spiro atoms. The SMILES string of the molecule is N/C(CNC(=O)c1ccc(Br)cc1Br)=N/O. The molecule has 4 N–H and O–H groups in total. The molecule has 0 atom stereocenters. The van der Waals surface area contributed by atoms with E-state index in [2.05, 4.69) is 42.3 Å². The third-order valence-corrected chi connectivity index (χ3v) is 2.88. The predicted molar refractivity (Wildman–Crippen MR) is 67.6 cm³/mol. The number of amides is 1. The number of carbonyl (C=O) groups excluding carboxylic acids is 1. The molecule has 0 bridgehead atoms. The van der Waals surface area contributed by atoms with Crippen LogP contribution in [0.2, 0.25) is 0 Å². The minimum absolute atomic E-state index is 0.00215. The Morgan fingerprint density at radius 2 is 2.19 bits per heavy atom. The zero-order chi connectivity index (χ0) is 12.1. The maximum absolute atomic E-state index is 11.6. The van der Waals surface area contributed by atoms with E-state index in [4.69, 9.17) is 10.9 Å². The van der Waals surface area contributed by atoms with Gasteiger partial charge in [0.25, 0.3) is 5.91 Å². The first-order chi connectivity index (χ1) is 7.54. The molecule has 0 heterocycles. The van der Waals surface area contributed by atoms with Crippen molar-refractivity contribution in [3.63, 3.8) is 0 Å². The lowest BCUT2D eigenvalue weighted by Gasteiger charge is -2.06. The van der Waals surface area contributed by atoms with E-state index in [1.165, 1.54) is 0 Å². The molecule has 1 amide bonds. The van der Waals surface area contributed by atoms with E-state index in [1.54, 1.807) is 18.2 Å². The number of hydrogen-bond acceptors (Lipinski definition) is 3. The lowest BCUT2D eigenvalue weighted by Crippen LogP contribution is -2.33. The third-order valence-electron chi connectivity index (χ3n) is 1.73. The van der Waals surface area contributed by atoms with E-state index < -0.39 is 0 Å². The average molecular weight is 351 g/mol. The van der Waals surface area contributed by atoms with Crippen LogP contribution in [0.15, 0.2) is 32.3 Å². The summed E-state index contributed by atoms with van der Waals surface area (Å²) in [5, 5.41) is 13.6. The first-order valence-electron chi connectivity index (χ1n) is 4.24. The maximum Gasteiger partial charge on any atom is 0.252 e. The minimum atomic E-state index is -0.300. The summed E-state index contributed by atoms with van der Waals surface area (Å²) in [6.07, 6.45) is 0. The molecule has 0 saturated heterocycles. The molecule has 5 nitrogen and oxygen atoms in total. The number of nitrogens with zero attached hydrogens (tertiary/aromatic N) is 1. The fraction of sp³-hybridized carbons (Fsp3) is 0.111. The predicted octanol–water partition coefficient (Wildman–Crippen LogP) is 1.69. The summed E-state index contributed by atoms with van der Waals surface area (Å²) in [6, 6.07) is 5.18. The monoisotopic (exact) mass is 349 g/mol. The van der Waals surface area contributed by atoms with Gasteiger partial charge >= 0.3 is 0 Å². The van der Waals surface area contributed by atoms with Crippen LogP contribution in [0.25, 0.3) is 0 Å². The van der Waals surface area contributed by atoms with E-state index in [0.717, 1.165) is 4.47 Å². The van der Waals surface area contributed by atoms with Crippen LogP contribution >= 0.6 is 31.9 Å². The smallest absolute Gasteiger partial charge is 0.252 e. The van der Waals surface area contributed by atoms with Crippen molar-refractivity contribution in [3.05, 3.63) is 32.7 Å². The number of rotatable bonds is 3. The summed E-state index contributed by atoms with van der Waals surface area (Å²) in [6.45, 7) is -0.00215. The molecule has 1 aromatic rings. The van der Waals surface area contributed by atoms with Crippen molar-refractivity contribution in [2.75, 3.05) is 6.54 Å². The Labute approximate surface area is 109 Å². The van der Waals surface area contributed by atoms with Crippen LogP contribution in [0, 0.1) is 0 Å². The Bertz CT molecular complexity index is 435. The van der Waals surface area contributed by atoms with Gasteiger partial charge in [0.05, 0.1) is 12.1 Å². The summed E-state index contributed by atoms with van der Waals surface area (Å²) in [4.78, 5) is 11.6. The molecular weight excluding hydrogens is 342 g/mol. The Kier molecular flexibility index (Phi) is 4.75. The Balaban J connectivity index is 2.74. The van der Waals surface area contributed by atoms with Gasteiger partial charge in [0.2, 0.25) is 0 Å². The number of nitrogens with two attached hydrogens (primary N) is 1. The largest absolute Gasteiger partial charge is 0.409 e. The van der Waals surface area contributed by atoms with Crippen LogP contribution < -0.4 is 11.1 Å². The number of amidine groups is 1. The van der Waals surface area contributed by atoms with Crippen LogP contribution in [0.1, 0.15) is 10.4 Å². The van der Waals surface area contributed by atoms with E-state index in [-0.39, 0.29) is 18.3 Å². The second kappa shape index (κ2) is 5.86. The topological polar surface area (TPSA) is 87.7 Å². The Hall–Kier alpha value is -1.08. The first kappa shape index (κ1) is 13.0. The van der Waals surface area contributed by atoms with Crippen LogP contribution in [-0.4, -0.2) is 23.5 Å². The molecule has 0 aliphatic carbocycles. The maximum atomic E-state index is 11.6. The van der Waals surface area contributed by atoms with Crippen molar-refractivity contribution in [2.24, 2.45) is 10.9 Å². The molecule has 0 saturated carbocycles. The van der Waals surface area contributed by atoms with Crippen LogP contribution in [0.5, 0.6) is 0 Å². The summed E-state index contributed by atoms with van der Waals surface area (Å²) in [5.41, 5.74) is 5.71. The fourth-order valence-corrected chi connectivity index (χ4v) is 2.20. The van der Waals surface area contributed by atoms with Gasteiger partial charge < -0.3 is 16.3 Å². The number of hydrogen-bond donors (Lipinski definition) is 3. The van der Waals surface area contributed by atoms with Crippen LogP contribution in [0.3, 0.4) is 0 Å². The van der Waals surface area contributed by atoms with Crippen LogP contribution in [-0.2, 0) is 0 Å². The number of oxime groups is 1. The second-order valence-corrected chi connectivity index (χ2v) is 4.67. The second-order valence-electron chi connectivity index (χ2n) is 2.90. The number of benzene rings is 1. The molecule has 16 heavy (non-hydrogen) atoms. The van der Waals surface area contributed by atoms with Gasteiger partial charge in [-0.1, -0.05) is 21.1 Å². The molecule has 0 aliphatic heterocycles. The number of halogens is 2. The standard InChI is InChI=1S/C9H9Br2N3O2/c10-5-1-2-6(7(11)3-5)9(15)13-4-8(12)14-16/h1-3,16H,4H2,(H2,12,14)(H,13,15). The molecule has 86 valence electrons. The van der Waals surface area contributed by atoms with Crippen molar-refractivity contribution < 1.29 is 10.0 Å². The molecule has 1 aromatic carbocycles. The van der Waals surface area contributed by atoms with Gasteiger partial charge in [-0.2, -0.15) is 0 Å². The van der Waals surface area contributed by atoms with Gasteiger partial charge in [0, 0.05) is 8.95 Å².